The molecule has 3 heterocycles. The predicted octanol–water partition coefficient (Wildman–Crippen LogP) is 3.44. The first-order valence-electron chi connectivity index (χ1n) is 8.75. The molecule has 1 aliphatic rings. The number of nitrogens with one attached hydrogen (secondary N) is 1. The first-order chi connectivity index (χ1) is 14.4. The van der Waals surface area contributed by atoms with E-state index in [0.717, 1.165) is 34.9 Å². The molecule has 1 unspecified atom stereocenters. The molecule has 0 amide bonds. The average molecular weight is 440 g/mol. The van der Waals surface area contributed by atoms with E-state index >= 15 is 0 Å². The van der Waals surface area contributed by atoms with Crippen LogP contribution in [0.3, 0.4) is 0 Å². The lowest BCUT2D eigenvalue weighted by Crippen LogP contribution is -2.51. The van der Waals surface area contributed by atoms with Crippen molar-refractivity contribution in [3.63, 3.8) is 0 Å². The number of hydrogen-bond acceptors (Lipinski definition) is 5. The second-order valence-corrected chi connectivity index (χ2v) is 6.81. The summed E-state index contributed by atoms with van der Waals surface area (Å²) in [6, 6.07) is 8.23. The maximum absolute atomic E-state index is 13.7. The maximum atomic E-state index is 13.7. The van der Waals surface area contributed by atoms with E-state index in [1.807, 2.05) is 0 Å². The number of fused-ring (bicyclic) bond motifs is 1. The Kier molecular flexibility index (Phi) is 4.50. The minimum absolute atomic E-state index is 0.0686. The first kappa shape index (κ1) is 20.7. The summed E-state index contributed by atoms with van der Waals surface area (Å²) < 4.78 is 80.7. The van der Waals surface area contributed by atoms with Gasteiger partial charge in [-0.25, -0.2) is 9.51 Å². The highest BCUT2D eigenvalue weighted by molar-refractivity contribution is 6.01. The van der Waals surface area contributed by atoms with Crippen LogP contribution < -0.4 is 16.8 Å². The van der Waals surface area contributed by atoms with Crippen LogP contribution in [0, 0.1) is 0 Å². The van der Waals surface area contributed by atoms with Crippen molar-refractivity contribution in [2.75, 3.05) is 0 Å². The molecule has 2 aromatic heterocycles. The number of nitrogens with two attached hydrogens (primary N) is 2. The fourth-order valence-electron chi connectivity index (χ4n) is 3.30. The van der Waals surface area contributed by atoms with E-state index in [4.69, 9.17) is 11.5 Å². The Bertz CT molecular complexity index is 1210. The van der Waals surface area contributed by atoms with Gasteiger partial charge >= 0.3 is 12.4 Å². The van der Waals surface area contributed by atoms with E-state index in [1.165, 1.54) is 24.4 Å². The first-order valence-corrected chi connectivity index (χ1v) is 8.75. The van der Waals surface area contributed by atoms with E-state index in [1.54, 1.807) is 0 Å². The number of amidine groups is 1. The van der Waals surface area contributed by atoms with Crippen molar-refractivity contribution in [3.05, 3.63) is 77.1 Å². The maximum Gasteiger partial charge on any atom is 0.435 e. The van der Waals surface area contributed by atoms with Crippen molar-refractivity contribution in [3.8, 4) is 0 Å². The highest BCUT2D eigenvalue weighted by Gasteiger charge is 2.41. The van der Waals surface area contributed by atoms with Gasteiger partial charge in [0.2, 0.25) is 5.79 Å². The van der Waals surface area contributed by atoms with Crippen LogP contribution in [-0.2, 0) is 18.1 Å². The molecule has 0 spiro atoms. The van der Waals surface area contributed by atoms with Crippen molar-refractivity contribution < 1.29 is 26.3 Å². The summed E-state index contributed by atoms with van der Waals surface area (Å²) in [6.07, 6.45) is -6.85. The third kappa shape index (κ3) is 3.69. The molecule has 0 saturated heterocycles. The van der Waals surface area contributed by atoms with Crippen LogP contribution in [0.5, 0.6) is 0 Å². The molecule has 162 valence electrons. The number of aromatic nitrogens is 2. The van der Waals surface area contributed by atoms with E-state index < -0.39 is 29.4 Å². The summed E-state index contributed by atoms with van der Waals surface area (Å²) in [5.41, 5.74) is 9.70. The number of benzene rings is 1. The number of nitrogens with zero attached hydrogens (tertiary/aromatic N) is 3. The molecule has 0 saturated carbocycles. The molecule has 31 heavy (non-hydrogen) atoms. The van der Waals surface area contributed by atoms with Crippen LogP contribution in [0.2, 0.25) is 0 Å². The molecule has 6 nitrogen and oxygen atoms in total. The summed E-state index contributed by atoms with van der Waals surface area (Å²) in [4.78, 5) is 4.00. The molecular formula is C19H14F6N6. The Morgan fingerprint density at radius 2 is 1.61 bits per heavy atom. The molecular weight excluding hydrogens is 426 g/mol. The fraction of sp³-hybridized carbons (Fsp3) is 0.158. The standard InChI is InChI=1S/C19H14F6N6/c20-17(21,22)10-4-6-11(7-5-10)19(27)28-12(9-14(26)29-19)15-13-3-1-2-8-31(13)30-16(15)18(23,24)25/h1-9,28H,27H2,(H2,26,29). The van der Waals surface area contributed by atoms with Gasteiger partial charge in [0.05, 0.1) is 22.3 Å². The highest BCUT2D eigenvalue weighted by Crippen LogP contribution is 2.38. The largest absolute Gasteiger partial charge is 0.435 e. The van der Waals surface area contributed by atoms with E-state index in [-0.39, 0.29) is 28.2 Å². The Labute approximate surface area is 170 Å². The quantitative estimate of drug-likeness (QED) is 0.533. The zero-order chi connectivity index (χ0) is 22.6. The molecule has 4 rings (SSSR count). The summed E-state index contributed by atoms with van der Waals surface area (Å²) in [7, 11) is 0. The second kappa shape index (κ2) is 6.74. The molecule has 12 heteroatoms. The molecule has 5 N–H and O–H groups in total. The molecule has 0 bridgehead atoms. The van der Waals surface area contributed by atoms with Crippen molar-refractivity contribution in [2.45, 2.75) is 18.1 Å². The second-order valence-electron chi connectivity index (χ2n) is 6.81. The van der Waals surface area contributed by atoms with Gasteiger partial charge in [0.15, 0.2) is 5.69 Å². The molecule has 1 aliphatic heterocycles. The fourth-order valence-corrected chi connectivity index (χ4v) is 3.30. The summed E-state index contributed by atoms with van der Waals surface area (Å²) >= 11 is 0. The van der Waals surface area contributed by atoms with Crippen molar-refractivity contribution >= 4 is 17.0 Å². The molecule has 1 aromatic carbocycles. The molecule has 1 atom stereocenters. The van der Waals surface area contributed by atoms with E-state index in [9.17, 15) is 26.3 Å². The Morgan fingerprint density at radius 1 is 0.935 bits per heavy atom. The minimum Gasteiger partial charge on any atom is -0.384 e. The summed E-state index contributed by atoms with van der Waals surface area (Å²) in [6.45, 7) is 0. The molecule has 0 aliphatic carbocycles. The van der Waals surface area contributed by atoms with Crippen LogP contribution in [0.1, 0.15) is 22.4 Å². The van der Waals surface area contributed by atoms with Gasteiger partial charge in [-0.15, -0.1) is 0 Å². The average Bonchev–Trinajstić information content (AvgIpc) is 3.07. The van der Waals surface area contributed by atoms with Gasteiger partial charge in [-0.2, -0.15) is 31.4 Å². The van der Waals surface area contributed by atoms with Crippen molar-refractivity contribution in [1.29, 1.82) is 0 Å². The third-order valence-electron chi connectivity index (χ3n) is 4.65. The number of halogens is 6. The third-order valence-corrected chi connectivity index (χ3v) is 4.65. The Morgan fingerprint density at radius 3 is 2.23 bits per heavy atom. The highest BCUT2D eigenvalue weighted by atomic mass is 19.4. The van der Waals surface area contributed by atoms with Gasteiger partial charge in [0.25, 0.3) is 0 Å². The zero-order valence-corrected chi connectivity index (χ0v) is 15.5. The molecule has 3 aromatic rings. The summed E-state index contributed by atoms with van der Waals surface area (Å²) in [5, 5.41) is 6.29. The van der Waals surface area contributed by atoms with Crippen LogP contribution in [-0.4, -0.2) is 15.4 Å². The van der Waals surface area contributed by atoms with Gasteiger partial charge in [0, 0.05) is 17.8 Å². The topological polar surface area (TPSA) is 93.7 Å². The predicted molar refractivity (Wildman–Crippen MR) is 100 cm³/mol. The van der Waals surface area contributed by atoms with E-state index in [0.29, 0.717) is 0 Å². The molecule has 0 radical (unpaired) electrons. The van der Waals surface area contributed by atoms with Crippen LogP contribution in [0.4, 0.5) is 26.3 Å². The van der Waals surface area contributed by atoms with Gasteiger partial charge in [0.1, 0.15) is 5.84 Å². The lowest BCUT2D eigenvalue weighted by molar-refractivity contribution is -0.141. The zero-order valence-electron chi connectivity index (χ0n) is 15.5. The number of aliphatic imine (C=N–C) groups is 1. The SMILES string of the molecule is NC1=NC(N)(c2ccc(C(F)(F)F)cc2)NC(c2c(C(F)(F)F)nn3ccccc23)=C1. The van der Waals surface area contributed by atoms with Gasteiger partial charge in [-0.1, -0.05) is 18.2 Å². The van der Waals surface area contributed by atoms with Crippen LogP contribution in [0.15, 0.2) is 59.7 Å². The smallest absolute Gasteiger partial charge is 0.384 e. The molecule has 0 fully saturated rings. The lowest BCUT2D eigenvalue weighted by Gasteiger charge is -2.33. The minimum atomic E-state index is -4.79. The Balaban J connectivity index is 1.82. The number of alkyl halides is 6. The normalized spacial score (nSPS) is 19.7. The van der Waals surface area contributed by atoms with Crippen molar-refractivity contribution in [1.82, 2.24) is 14.9 Å². The number of rotatable bonds is 2. The van der Waals surface area contributed by atoms with E-state index in [2.05, 4.69) is 15.4 Å². The van der Waals surface area contributed by atoms with Crippen LogP contribution >= 0.6 is 0 Å². The van der Waals surface area contributed by atoms with Crippen LogP contribution in [0.25, 0.3) is 11.2 Å². The van der Waals surface area contributed by atoms with Gasteiger partial charge in [-0.05, 0) is 24.3 Å². The number of hydrogen-bond donors (Lipinski definition) is 3. The monoisotopic (exact) mass is 440 g/mol. The Hall–Kier alpha value is -3.54. The van der Waals surface area contributed by atoms with Gasteiger partial charge < -0.3 is 11.1 Å². The number of pyridine rings is 1. The summed E-state index contributed by atoms with van der Waals surface area (Å²) in [5.74, 6) is -2.11. The lowest BCUT2D eigenvalue weighted by atomic mass is 10.0. The van der Waals surface area contributed by atoms with Gasteiger partial charge in [-0.3, -0.25) is 5.73 Å². The van der Waals surface area contributed by atoms with Crippen molar-refractivity contribution in [2.24, 2.45) is 16.5 Å².